The molecular formula is C17H23FN2O7S. The van der Waals surface area contributed by atoms with Gasteiger partial charge in [-0.1, -0.05) is 0 Å². The van der Waals surface area contributed by atoms with Crippen molar-refractivity contribution in [2.24, 2.45) is 5.92 Å². The van der Waals surface area contributed by atoms with Crippen LogP contribution in [-0.2, 0) is 24.3 Å². The number of methoxy groups -OCH3 is 1. The van der Waals surface area contributed by atoms with Crippen LogP contribution in [-0.4, -0.2) is 61.9 Å². The van der Waals surface area contributed by atoms with Crippen LogP contribution in [0.2, 0.25) is 0 Å². The van der Waals surface area contributed by atoms with Gasteiger partial charge in [-0.05, 0) is 43.5 Å². The molecule has 1 aliphatic rings. The van der Waals surface area contributed by atoms with Crippen LogP contribution in [0.3, 0.4) is 0 Å². The van der Waals surface area contributed by atoms with Crippen molar-refractivity contribution in [2.45, 2.75) is 25.3 Å². The average Bonchev–Trinajstić information content (AvgIpc) is 2.70. The summed E-state index contributed by atoms with van der Waals surface area (Å²) in [6.07, 6.45) is 0.279. The van der Waals surface area contributed by atoms with Crippen LogP contribution in [0.1, 0.15) is 19.3 Å². The molecule has 1 aromatic rings. The first-order valence-electron chi connectivity index (χ1n) is 8.68. The normalized spacial score (nSPS) is 20.4. The third kappa shape index (κ3) is 5.63. The Morgan fingerprint density at radius 3 is 2.61 bits per heavy atom. The molecule has 1 aliphatic heterocycles. The second-order valence-corrected chi connectivity index (χ2v) is 8.36. The van der Waals surface area contributed by atoms with Crippen molar-refractivity contribution in [1.82, 2.24) is 9.79 Å². The Labute approximate surface area is 162 Å². The molecule has 28 heavy (non-hydrogen) atoms. The number of halogens is 1. The van der Waals surface area contributed by atoms with Crippen LogP contribution < -0.4 is 10.2 Å². The third-order valence-electron chi connectivity index (χ3n) is 4.49. The highest BCUT2D eigenvalue weighted by molar-refractivity contribution is 7.89. The Hall–Kier alpha value is -2.24. The topological polar surface area (TPSA) is 122 Å². The standard InChI is InChI=1S/C17H23FN2O7S/c1-26-17(22)12-7-8-20(15(11-12)16(21)19-23)28(24,25)10-2-9-27-14-5-3-13(18)4-6-14/h3-6,12,15,23H,2,7-11H2,1H3,(H,19,21). The van der Waals surface area contributed by atoms with E-state index in [2.05, 4.69) is 4.74 Å². The number of hydroxylamine groups is 1. The molecule has 2 atom stereocenters. The molecule has 0 bridgehead atoms. The quantitative estimate of drug-likeness (QED) is 0.276. The fourth-order valence-electron chi connectivity index (χ4n) is 3.05. The lowest BCUT2D eigenvalue weighted by atomic mass is 9.92. The number of esters is 1. The van der Waals surface area contributed by atoms with Crippen molar-refractivity contribution in [3.8, 4) is 5.75 Å². The summed E-state index contributed by atoms with van der Waals surface area (Å²) in [4.78, 5) is 23.7. The minimum Gasteiger partial charge on any atom is -0.494 e. The van der Waals surface area contributed by atoms with Crippen molar-refractivity contribution in [3.05, 3.63) is 30.1 Å². The number of sulfonamides is 1. The predicted molar refractivity (Wildman–Crippen MR) is 95.5 cm³/mol. The molecule has 0 aliphatic carbocycles. The molecule has 0 saturated carbocycles. The van der Waals surface area contributed by atoms with Crippen LogP contribution in [0.15, 0.2) is 24.3 Å². The van der Waals surface area contributed by atoms with E-state index in [1.165, 1.54) is 36.9 Å². The molecule has 1 amide bonds. The summed E-state index contributed by atoms with van der Waals surface area (Å²) in [7, 11) is -2.62. The van der Waals surface area contributed by atoms with Crippen molar-refractivity contribution in [2.75, 3.05) is 26.0 Å². The summed E-state index contributed by atoms with van der Waals surface area (Å²) in [5.41, 5.74) is 1.46. The lowest BCUT2D eigenvalue weighted by Crippen LogP contribution is -2.54. The van der Waals surface area contributed by atoms with Crippen LogP contribution in [0.25, 0.3) is 0 Å². The number of carbonyl (C=O) groups excluding carboxylic acids is 2. The highest BCUT2D eigenvalue weighted by atomic mass is 32.2. The smallest absolute Gasteiger partial charge is 0.308 e. The second kappa shape index (κ2) is 9.80. The highest BCUT2D eigenvalue weighted by Crippen LogP contribution is 2.27. The maximum Gasteiger partial charge on any atom is 0.308 e. The Bertz CT molecular complexity index is 785. The SMILES string of the molecule is COC(=O)C1CCN(S(=O)(=O)CCCOc2ccc(F)cc2)C(C(=O)NO)C1. The molecule has 2 rings (SSSR count). The van der Waals surface area contributed by atoms with E-state index < -0.39 is 39.7 Å². The Morgan fingerprint density at radius 2 is 2.00 bits per heavy atom. The molecule has 156 valence electrons. The first-order chi connectivity index (χ1) is 13.3. The fourth-order valence-corrected chi connectivity index (χ4v) is 4.72. The van der Waals surface area contributed by atoms with Gasteiger partial charge in [-0.2, -0.15) is 4.31 Å². The number of hydrogen-bond acceptors (Lipinski definition) is 7. The number of nitrogens with one attached hydrogen (secondary N) is 1. The van der Waals surface area contributed by atoms with Crippen molar-refractivity contribution in [3.63, 3.8) is 0 Å². The molecule has 0 radical (unpaired) electrons. The molecule has 0 spiro atoms. The number of ether oxygens (including phenoxy) is 2. The van der Waals surface area contributed by atoms with Crippen LogP contribution >= 0.6 is 0 Å². The lowest BCUT2D eigenvalue weighted by Gasteiger charge is -2.36. The third-order valence-corrected chi connectivity index (χ3v) is 6.44. The van der Waals surface area contributed by atoms with Gasteiger partial charge < -0.3 is 9.47 Å². The average molecular weight is 418 g/mol. The van der Waals surface area contributed by atoms with E-state index in [1.54, 1.807) is 0 Å². The molecular weight excluding hydrogens is 395 g/mol. The van der Waals surface area contributed by atoms with Crippen LogP contribution in [0, 0.1) is 11.7 Å². The number of hydrogen-bond donors (Lipinski definition) is 2. The number of nitrogens with zero attached hydrogens (tertiary/aromatic N) is 1. The van der Waals surface area contributed by atoms with Gasteiger partial charge in [0, 0.05) is 6.54 Å². The van der Waals surface area contributed by atoms with Gasteiger partial charge in [0.1, 0.15) is 17.6 Å². The van der Waals surface area contributed by atoms with Crippen molar-refractivity contribution >= 4 is 21.9 Å². The fraction of sp³-hybridized carbons (Fsp3) is 0.529. The number of carbonyl (C=O) groups is 2. The first-order valence-corrected chi connectivity index (χ1v) is 10.3. The predicted octanol–water partition coefficient (Wildman–Crippen LogP) is 0.683. The second-order valence-electron chi connectivity index (χ2n) is 6.32. The zero-order chi connectivity index (χ0) is 20.7. The zero-order valence-corrected chi connectivity index (χ0v) is 16.2. The lowest BCUT2D eigenvalue weighted by molar-refractivity contribution is -0.148. The van der Waals surface area contributed by atoms with Gasteiger partial charge in [0.05, 0.1) is 25.4 Å². The van der Waals surface area contributed by atoms with Gasteiger partial charge in [0.25, 0.3) is 5.91 Å². The first kappa shape index (κ1) is 22.1. The minimum absolute atomic E-state index is 0.0427. The molecule has 9 nitrogen and oxygen atoms in total. The van der Waals surface area contributed by atoms with Gasteiger partial charge in [-0.25, -0.2) is 18.3 Å². The Morgan fingerprint density at radius 1 is 1.32 bits per heavy atom. The van der Waals surface area contributed by atoms with Gasteiger partial charge in [0.15, 0.2) is 0 Å². The summed E-state index contributed by atoms with van der Waals surface area (Å²) in [5, 5.41) is 8.93. The van der Waals surface area contributed by atoms with Crippen LogP contribution in [0.4, 0.5) is 4.39 Å². The molecule has 2 N–H and O–H groups in total. The van der Waals surface area contributed by atoms with E-state index in [0.717, 1.165) is 4.31 Å². The largest absolute Gasteiger partial charge is 0.494 e. The molecule has 1 aromatic carbocycles. The van der Waals surface area contributed by atoms with Gasteiger partial charge in [0.2, 0.25) is 10.0 Å². The summed E-state index contributed by atoms with van der Waals surface area (Å²) in [6, 6.07) is 4.13. The number of amides is 1. The molecule has 11 heteroatoms. The monoisotopic (exact) mass is 418 g/mol. The van der Waals surface area contributed by atoms with E-state index >= 15 is 0 Å². The number of benzene rings is 1. The van der Waals surface area contributed by atoms with Crippen molar-refractivity contribution < 1.29 is 37.1 Å². The maximum atomic E-state index is 12.8. The molecule has 1 fully saturated rings. The Balaban J connectivity index is 1.96. The van der Waals surface area contributed by atoms with Crippen molar-refractivity contribution in [1.29, 1.82) is 0 Å². The molecule has 1 heterocycles. The Kier molecular flexibility index (Phi) is 7.72. The summed E-state index contributed by atoms with van der Waals surface area (Å²) < 4.78 is 49.2. The minimum atomic E-state index is -3.84. The van der Waals surface area contributed by atoms with Crippen LogP contribution in [0.5, 0.6) is 5.75 Å². The van der Waals surface area contributed by atoms with Gasteiger partial charge in [-0.3, -0.25) is 14.8 Å². The van der Waals surface area contributed by atoms with Gasteiger partial charge in [-0.15, -0.1) is 0 Å². The van der Waals surface area contributed by atoms with E-state index in [4.69, 9.17) is 9.94 Å². The summed E-state index contributed by atoms with van der Waals surface area (Å²) >= 11 is 0. The molecule has 2 unspecified atom stereocenters. The summed E-state index contributed by atoms with van der Waals surface area (Å²) in [6.45, 7) is 0.0410. The molecule has 1 saturated heterocycles. The number of piperidine rings is 1. The maximum absolute atomic E-state index is 12.8. The van der Waals surface area contributed by atoms with Gasteiger partial charge >= 0.3 is 5.97 Å². The zero-order valence-electron chi connectivity index (χ0n) is 15.3. The van der Waals surface area contributed by atoms with E-state index in [1.807, 2.05) is 0 Å². The summed E-state index contributed by atoms with van der Waals surface area (Å²) in [5.74, 6) is -2.33. The number of rotatable bonds is 8. The molecule has 0 aromatic heterocycles. The highest BCUT2D eigenvalue weighted by Gasteiger charge is 2.42. The van der Waals surface area contributed by atoms with E-state index in [-0.39, 0.29) is 38.2 Å². The van der Waals surface area contributed by atoms with E-state index in [0.29, 0.717) is 5.75 Å². The van der Waals surface area contributed by atoms with E-state index in [9.17, 15) is 22.4 Å².